The highest BCUT2D eigenvalue weighted by atomic mass is 32.2. The molecular formula is C26H27F4N3O4S. The summed E-state index contributed by atoms with van der Waals surface area (Å²) >= 11 is 0. The molecule has 1 saturated heterocycles. The molecule has 204 valence electrons. The molecule has 2 atom stereocenters. The van der Waals surface area contributed by atoms with Crippen LogP contribution in [0.4, 0.5) is 17.6 Å². The van der Waals surface area contributed by atoms with Crippen molar-refractivity contribution in [1.29, 1.82) is 0 Å². The summed E-state index contributed by atoms with van der Waals surface area (Å²) in [4.78, 5) is 11.3. The van der Waals surface area contributed by atoms with Crippen molar-refractivity contribution >= 4 is 26.9 Å². The van der Waals surface area contributed by atoms with Crippen LogP contribution < -0.4 is 0 Å². The van der Waals surface area contributed by atoms with E-state index in [-0.39, 0.29) is 41.9 Å². The summed E-state index contributed by atoms with van der Waals surface area (Å²) in [6.07, 6.45) is -1.45. The lowest BCUT2D eigenvalue weighted by Crippen LogP contribution is -2.29. The molecular weight excluding hydrogens is 526 g/mol. The molecule has 1 saturated carbocycles. The first-order chi connectivity index (χ1) is 17.9. The number of rotatable bonds is 6. The summed E-state index contributed by atoms with van der Waals surface area (Å²) in [7, 11) is -4.12. The zero-order valence-corrected chi connectivity index (χ0v) is 21.4. The van der Waals surface area contributed by atoms with Gasteiger partial charge in [-0.3, -0.25) is 9.48 Å². The van der Waals surface area contributed by atoms with E-state index in [1.165, 1.54) is 16.4 Å². The number of hydrogen-bond acceptors (Lipinski definition) is 4. The van der Waals surface area contributed by atoms with Crippen molar-refractivity contribution in [3.63, 3.8) is 0 Å². The molecule has 5 rings (SSSR count). The number of nitrogens with zero attached hydrogens (tertiary/aromatic N) is 3. The number of carboxylic acids is 1. The number of sulfonamides is 1. The van der Waals surface area contributed by atoms with Crippen LogP contribution in [-0.4, -0.2) is 46.7 Å². The van der Waals surface area contributed by atoms with Crippen molar-refractivity contribution in [1.82, 2.24) is 14.1 Å². The Balaban J connectivity index is 1.55. The molecule has 0 unspecified atom stereocenters. The van der Waals surface area contributed by atoms with Crippen molar-refractivity contribution < 1.29 is 35.9 Å². The number of hydrogen-bond donors (Lipinski definition) is 1. The van der Waals surface area contributed by atoms with Crippen LogP contribution in [0.3, 0.4) is 0 Å². The molecule has 3 aromatic rings. The van der Waals surface area contributed by atoms with Crippen LogP contribution in [0, 0.1) is 11.7 Å². The molecule has 7 nitrogen and oxygen atoms in total. The smallest absolute Gasteiger partial charge is 0.416 e. The Bertz CT molecular complexity index is 1480. The lowest BCUT2D eigenvalue weighted by atomic mass is 9.93. The second-order valence-corrected chi connectivity index (χ2v) is 12.1. The number of alkyl halides is 3. The van der Waals surface area contributed by atoms with Crippen LogP contribution in [0.15, 0.2) is 41.3 Å². The summed E-state index contributed by atoms with van der Waals surface area (Å²) in [5.74, 6) is -1.81. The van der Waals surface area contributed by atoms with E-state index in [1.54, 1.807) is 4.68 Å². The highest BCUT2D eigenvalue weighted by Gasteiger charge is 2.41. The number of aliphatic carboxylic acids is 1. The predicted molar refractivity (Wildman–Crippen MR) is 131 cm³/mol. The van der Waals surface area contributed by atoms with Gasteiger partial charge in [0, 0.05) is 24.0 Å². The molecule has 0 radical (unpaired) electrons. The fraction of sp³-hybridized carbons (Fsp3) is 0.462. The van der Waals surface area contributed by atoms with Gasteiger partial charge in [0.1, 0.15) is 5.82 Å². The van der Waals surface area contributed by atoms with Crippen molar-refractivity contribution in [2.75, 3.05) is 13.1 Å². The quantitative estimate of drug-likeness (QED) is 0.415. The van der Waals surface area contributed by atoms with Gasteiger partial charge >= 0.3 is 12.1 Å². The maximum absolute atomic E-state index is 15.3. The van der Waals surface area contributed by atoms with E-state index in [0.29, 0.717) is 16.5 Å². The van der Waals surface area contributed by atoms with Gasteiger partial charge in [0.2, 0.25) is 10.0 Å². The third-order valence-corrected chi connectivity index (χ3v) is 9.53. The average molecular weight is 554 g/mol. The second-order valence-electron chi connectivity index (χ2n) is 10.2. The molecule has 0 spiro atoms. The largest absolute Gasteiger partial charge is 0.481 e. The highest BCUT2D eigenvalue weighted by molar-refractivity contribution is 7.89. The highest BCUT2D eigenvalue weighted by Crippen LogP contribution is 2.42. The van der Waals surface area contributed by atoms with Gasteiger partial charge in [-0.05, 0) is 61.1 Å². The number of benzene rings is 2. The van der Waals surface area contributed by atoms with Crippen molar-refractivity contribution in [2.45, 2.75) is 62.1 Å². The SMILES string of the molecule is C[C@@H]1CN(S(=O)(=O)c2ccc(C(F)(F)F)cc2)C[C@@H]1n1nc(CC(=O)O)c2ccc(F)c(C3CCCC3)c21. The van der Waals surface area contributed by atoms with Gasteiger partial charge in [-0.1, -0.05) is 19.8 Å². The van der Waals surface area contributed by atoms with E-state index in [0.717, 1.165) is 49.9 Å². The van der Waals surface area contributed by atoms with Gasteiger partial charge in [0.25, 0.3) is 0 Å². The third kappa shape index (κ3) is 4.68. The molecule has 2 aromatic carbocycles. The number of carboxylic acid groups (broad SMARTS) is 1. The van der Waals surface area contributed by atoms with Gasteiger partial charge < -0.3 is 5.11 Å². The van der Waals surface area contributed by atoms with Crippen LogP contribution in [0.5, 0.6) is 0 Å². The standard InChI is InChI=1S/C26H27F4N3O4S/c1-15-13-32(38(36,37)18-8-6-17(7-9-18)26(28,29)30)14-22(15)33-25-19(21(31-33)12-23(34)35)10-11-20(27)24(25)16-4-2-3-5-16/h6-11,15-16,22H,2-5,12-14H2,1H3,(H,34,35)/t15-,22+/m1/s1. The molecule has 2 aliphatic rings. The van der Waals surface area contributed by atoms with Crippen LogP contribution >= 0.6 is 0 Å². The first-order valence-corrected chi connectivity index (χ1v) is 13.9. The molecule has 0 bridgehead atoms. The Labute approximate surface area is 217 Å². The van der Waals surface area contributed by atoms with E-state index in [2.05, 4.69) is 5.10 Å². The maximum atomic E-state index is 15.3. The number of fused-ring (bicyclic) bond motifs is 1. The average Bonchev–Trinajstić information content (AvgIpc) is 3.58. The zero-order chi connectivity index (χ0) is 27.4. The Morgan fingerprint density at radius 1 is 1.08 bits per heavy atom. The summed E-state index contributed by atoms with van der Waals surface area (Å²) in [6.45, 7) is 1.87. The Morgan fingerprint density at radius 2 is 1.74 bits per heavy atom. The number of aromatic nitrogens is 2. The third-order valence-electron chi connectivity index (χ3n) is 7.69. The van der Waals surface area contributed by atoms with Crippen LogP contribution in [0.1, 0.15) is 61.4 Å². The summed E-state index contributed by atoms with van der Waals surface area (Å²) in [5.41, 5.74) is 0.321. The van der Waals surface area contributed by atoms with Gasteiger partial charge in [-0.2, -0.15) is 22.6 Å². The Hall–Kier alpha value is -2.99. The summed E-state index contributed by atoms with van der Waals surface area (Å²) in [6, 6.07) is 5.70. The van der Waals surface area contributed by atoms with Crippen LogP contribution in [0.25, 0.3) is 10.9 Å². The second kappa shape index (κ2) is 9.64. The topological polar surface area (TPSA) is 92.5 Å². The minimum Gasteiger partial charge on any atom is -0.481 e. The summed E-state index contributed by atoms with van der Waals surface area (Å²) < 4.78 is 83.6. The molecule has 38 heavy (non-hydrogen) atoms. The molecule has 2 heterocycles. The number of halogens is 4. The molecule has 1 aromatic heterocycles. The lowest BCUT2D eigenvalue weighted by Gasteiger charge is -2.20. The number of carbonyl (C=O) groups is 1. The normalized spacial score (nSPS) is 21.5. The Kier molecular flexibility index (Phi) is 6.75. The fourth-order valence-corrected chi connectivity index (χ4v) is 7.36. The zero-order valence-electron chi connectivity index (χ0n) is 20.6. The monoisotopic (exact) mass is 553 g/mol. The van der Waals surface area contributed by atoms with Gasteiger partial charge in [0.15, 0.2) is 0 Å². The van der Waals surface area contributed by atoms with E-state index in [9.17, 15) is 31.5 Å². The molecule has 1 N–H and O–H groups in total. The van der Waals surface area contributed by atoms with E-state index >= 15 is 4.39 Å². The first kappa shape index (κ1) is 26.6. The first-order valence-electron chi connectivity index (χ1n) is 12.5. The van der Waals surface area contributed by atoms with Gasteiger partial charge in [-0.15, -0.1) is 0 Å². The van der Waals surface area contributed by atoms with Gasteiger partial charge in [-0.25, -0.2) is 12.8 Å². The fourth-order valence-electron chi connectivity index (χ4n) is 5.80. The van der Waals surface area contributed by atoms with E-state index in [4.69, 9.17) is 0 Å². The van der Waals surface area contributed by atoms with Crippen LogP contribution in [0.2, 0.25) is 0 Å². The Morgan fingerprint density at radius 3 is 2.34 bits per heavy atom. The van der Waals surface area contributed by atoms with E-state index < -0.39 is 39.6 Å². The van der Waals surface area contributed by atoms with Crippen molar-refractivity contribution in [3.8, 4) is 0 Å². The molecule has 0 amide bonds. The molecule has 1 aliphatic carbocycles. The predicted octanol–water partition coefficient (Wildman–Crippen LogP) is 5.36. The van der Waals surface area contributed by atoms with E-state index in [1.807, 2.05) is 6.92 Å². The molecule has 1 aliphatic heterocycles. The van der Waals surface area contributed by atoms with Crippen molar-refractivity contribution in [3.05, 3.63) is 59.0 Å². The summed E-state index contributed by atoms with van der Waals surface area (Å²) in [5, 5.41) is 14.6. The lowest BCUT2D eigenvalue weighted by molar-refractivity contribution is -0.138. The minimum absolute atomic E-state index is 0.0333. The minimum atomic E-state index is -4.59. The molecule has 12 heteroatoms. The van der Waals surface area contributed by atoms with Gasteiger partial charge in [0.05, 0.1) is 34.1 Å². The van der Waals surface area contributed by atoms with Crippen molar-refractivity contribution in [2.24, 2.45) is 5.92 Å². The molecule has 2 fully saturated rings. The van der Waals surface area contributed by atoms with Crippen LogP contribution in [-0.2, 0) is 27.4 Å². The maximum Gasteiger partial charge on any atom is 0.416 e.